The van der Waals surface area contributed by atoms with Gasteiger partial charge in [-0.1, -0.05) is 60.2 Å². The molecule has 30 heavy (non-hydrogen) atoms. The molecule has 4 rings (SSSR count). The number of carbonyl (C=O) groups is 1. The summed E-state index contributed by atoms with van der Waals surface area (Å²) in [6.07, 6.45) is 0. The maximum absolute atomic E-state index is 13.0. The highest BCUT2D eigenvalue weighted by Crippen LogP contribution is 2.30. The van der Waals surface area contributed by atoms with E-state index in [1.807, 2.05) is 49.4 Å². The molecule has 4 aromatic rings. The van der Waals surface area contributed by atoms with E-state index in [1.54, 1.807) is 7.11 Å². The van der Waals surface area contributed by atoms with Gasteiger partial charge in [-0.25, -0.2) is 0 Å². The number of rotatable bonds is 5. The number of aryl methyl sites for hydroxylation is 2. The molecule has 0 radical (unpaired) electrons. The molecule has 150 valence electrons. The third kappa shape index (κ3) is 4.03. The average molecular weight is 396 g/mol. The fraction of sp³-hybridized carbons (Fsp3) is 0.154. The fourth-order valence-corrected chi connectivity index (χ4v) is 3.55. The first-order valence-electron chi connectivity index (χ1n) is 9.93. The van der Waals surface area contributed by atoms with Crippen LogP contribution in [0.25, 0.3) is 22.0 Å². The second kappa shape index (κ2) is 8.37. The summed E-state index contributed by atoms with van der Waals surface area (Å²) in [6.45, 7) is 4.44. The van der Waals surface area contributed by atoms with Crippen molar-refractivity contribution in [2.24, 2.45) is 0 Å². The molecule has 4 nitrogen and oxygen atoms in total. The van der Waals surface area contributed by atoms with Crippen LogP contribution in [0.15, 0.2) is 72.8 Å². The van der Waals surface area contributed by atoms with E-state index < -0.39 is 0 Å². The summed E-state index contributed by atoms with van der Waals surface area (Å²) in [4.78, 5) is 17.8. The topological polar surface area (TPSA) is 51.2 Å². The molecule has 0 unspecified atom stereocenters. The normalized spacial score (nSPS) is 10.8. The van der Waals surface area contributed by atoms with Gasteiger partial charge in [0.1, 0.15) is 5.75 Å². The first-order valence-corrected chi connectivity index (χ1v) is 9.93. The third-order valence-corrected chi connectivity index (χ3v) is 5.19. The summed E-state index contributed by atoms with van der Waals surface area (Å²) in [5.41, 5.74) is 6.64. The molecule has 0 aliphatic heterocycles. The van der Waals surface area contributed by atoms with E-state index in [9.17, 15) is 4.79 Å². The maximum Gasteiger partial charge on any atom is 0.252 e. The molecular weight excluding hydrogens is 372 g/mol. The van der Waals surface area contributed by atoms with Gasteiger partial charge in [-0.3, -0.25) is 9.78 Å². The number of nitrogens with one attached hydrogen (secondary N) is 1. The van der Waals surface area contributed by atoms with Crippen molar-refractivity contribution in [3.63, 3.8) is 0 Å². The van der Waals surface area contributed by atoms with Gasteiger partial charge in [-0.15, -0.1) is 0 Å². The molecule has 1 heterocycles. The Labute approximate surface area is 176 Å². The molecule has 1 amide bonds. The van der Waals surface area contributed by atoms with Gasteiger partial charge in [-0.05, 0) is 43.2 Å². The molecule has 0 saturated heterocycles. The number of carbonyl (C=O) groups excluding carboxylic acids is 1. The van der Waals surface area contributed by atoms with Gasteiger partial charge in [0.25, 0.3) is 5.91 Å². The number of amides is 1. The number of methoxy groups -OCH3 is 1. The SMILES string of the molecule is COc1ccc(CNC(=O)c2cc(C)nc3c(-c4ccc(C)cc4)cccc23)cc1. The van der Waals surface area contributed by atoms with Crippen LogP contribution in [0.2, 0.25) is 0 Å². The number of para-hydroxylation sites is 1. The number of hydrogen-bond donors (Lipinski definition) is 1. The van der Waals surface area contributed by atoms with Gasteiger partial charge in [-0.2, -0.15) is 0 Å². The highest BCUT2D eigenvalue weighted by atomic mass is 16.5. The first-order chi connectivity index (χ1) is 14.5. The number of ether oxygens (including phenoxy) is 1. The number of hydrogen-bond acceptors (Lipinski definition) is 3. The Morgan fingerprint density at radius 3 is 2.40 bits per heavy atom. The van der Waals surface area contributed by atoms with E-state index in [2.05, 4.69) is 42.6 Å². The van der Waals surface area contributed by atoms with Crippen molar-refractivity contribution in [2.75, 3.05) is 7.11 Å². The van der Waals surface area contributed by atoms with Crippen LogP contribution in [0.1, 0.15) is 27.2 Å². The predicted octanol–water partition coefficient (Wildman–Crippen LogP) is 5.46. The molecule has 0 bridgehead atoms. The summed E-state index contributed by atoms with van der Waals surface area (Å²) in [5, 5.41) is 3.88. The van der Waals surface area contributed by atoms with Gasteiger partial charge in [0.15, 0.2) is 0 Å². The standard InChI is InChI=1S/C26H24N2O2/c1-17-7-11-20(12-8-17)22-5-4-6-23-24(15-18(2)28-25(22)23)26(29)27-16-19-9-13-21(30-3)14-10-19/h4-15H,16H2,1-3H3,(H,27,29). The van der Waals surface area contributed by atoms with Crippen LogP contribution >= 0.6 is 0 Å². The molecule has 0 saturated carbocycles. The number of nitrogens with zero attached hydrogens (tertiary/aromatic N) is 1. The summed E-state index contributed by atoms with van der Waals surface area (Å²) in [5.74, 6) is 0.687. The third-order valence-electron chi connectivity index (χ3n) is 5.19. The van der Waals surface area contributed by atoms with Gasteiger partial charge in [0.05, 0.1) is 18.2 Å². The van der Waals surface area contributed by atoms with Crippen LogP contribution in [0.5, 0.6) is 5.75 Å². The second-order valence-corrected chi connectivity index (χ2v) is 7.41. The van der Waals surface area contributed by atoms with Crippen molar-refractivity contribution in [3.8, 4) is 16.9 Å². The van der Waals surface area contributed by atoms with Crippen molar-refractivity contribution in [1.82, 2.24) is 10.3 Å². The largest absolute Gasteiger partial charge is 0.497 e. The Morgan fingerprint density at radius 1 is 0.967 bits per heavy atom. The minimum atomic E-state index is -0.109. The first kappa shape index (κ1) is 19.6. The number of benzene rings is 3. The lowest BCUT2D eigenvalue weighted by atomic mass is 9.98. The molecule has 0 fully saturated rings. The number of fused-ring (bicyclic) bond motifs is 1. The van der Waals surface area contributed by atoms with E-state index in [0.717, 1.165) is 39.0 Å². The summed E-state index contributed by atoms with van der Waals surface area (Å²) >= 11 is 0. The second-order valence-electron chi connectivity index (χ2n) is 7.41. The lowest BCUT2D eigenvalue weighted by Gasteiger charge is -2.12. The monoisotopic (exact) mass is 396 g/mol. The lowest BCUT2D eigenvalue weighted by Crippen LogP contribution is -2.23. The van der Waals surface area contributed by atoms with Crippen molar-refractivity contribution in [1.29, 1.82) is 0 Å². The summed E-state index contributed by atoms with van der Waals surface area (Å²) < 4.78 is 5.19. The van der Waals surface area contributed by atoms with E-state index in [0.29, 0.717) is 12.1 Å². The van der Waals surface area contributed by atoms with E-state index >= 15 is 0 Å². The van der Waals surface area contributed by atoms with E-state index in [-0.39, 0.29) is 5.91 Å². The van der Waals surface area contributed by atoms with Crippen molar-refractivity contribution < 1.29 is 9.53 Å². The molecule has 0 atom stereocenters. The molecule has 0 aliphatic rings. The summed E-state index contributed by atoms with van der Waals surface area (Å²) in [6, 6.07) is 23.9. The highest BCUT2D eigenvalue weighted by Gasteiger charge is 2.15. The zero-order valence-corrected chi connectivity index (χ0v) is 17.4. The van der Waals surface area contributed by atoms with Crippen molar-refractivity contribution in [3.05, 3.63) is 95.2 Å². The Balaban J connectivity index is 1.67. The molecule has 1 aromatic heterocycles. The lowest BCUT2D eigenvalue weighted by molar-refractivity contribution is 0.0952. The van der Waals surface area contributed by atoms with Gasteiger partial charge in [0.2, 0.25) is 0 Å². The zero-order chi connectivity index (χ0) is 21.1. The van der Waals surface area contributed by atoms with Crippen LogP contribution in [0.3, 0.4) is 0 Å². The van der Waals surface area contributed by atoms with Crippen molar-refractivity contribution >= 4 is 16.8 Å². The van der Waals surface area contributed by atoms with E-state index in [4.69, 9.17) is 9.72 Å². The molecule has 0 spiro atoms. The quantitative estimate of drug-likeness (QED) is 0.487. The Kier molecular flexibility index (Phi) is 5.48. The molecule has 0 aliphatic carbocycles. The van der Waals surface area contributed by atoms with Crippen molar-refractivity contribution in [2.45, 2.75) is 20.4 Å². The maximum atomic E-state index is 13.0. The minimum absolute atomic E-state index is 0.109. The van der Waals surface area contributed by atoms with Gasteiger partial charge < -0.3 is 10.1 Å². The summed E-state index contributed by atoms with van der Waals surface area (Å²) in [7, 11) is 1.64. The van der Waals surface area contributed by atoms with Crippen LogP contribution in [0, 0.1) is 13.8 Å². The molecule has 3 aromatic carbocycles. The Bertz CT molecular complexity index is 1200. The minimum Gasteiger partial charge on any atom is -0.497 e. The predicted molar refractivity (Wildman–Crippen MR) is 121 cm³/mol. The Morgan fingerprint density at radius 2 is 1.70 bits per heavy atom. The van der Waals surface area contributed by atoms with Crippen LogP contribution < -0.4 is 10.1 Å². The number of aromatic nitrogens is 1. The average Bonchev–Trinajstić information content (AvgIpc) is 2.77. The van der Waals surface area contributed by atoms with Crippen LogP contribution in [-0.4, -0.2) is 18.0 Å². The van der Waals surface area contributed by atoms with E-state index in [1.165, 1.54) is 5.56 Å². The zero-order valence-electron chi connectivity index (χ0n) is 17.4. The number of pyridine rings is 1. The Hall–Kier alpha value is -3.66. The van der Waals surface area contributed by atoms with Crippen LogP contribution in [0.4, 0.5) is 0 Å². The van der Waals surface area contributed by atoms with Gasteiger partial charge >= 0.3 is 0 Å². The highest BCUT2D eigenvalue weighted by molar-refractivity contribution is 6.09. The van der Waals surface area contributed by atoms with Gasteiger partial charge in [0, 0.05) is 23.2 Å². The van der Waals surface area contributed by atoms with Crippen LogP contribution in [-0.2, 0) is 6.54 Å². The molecular formula is C26H24N2O2. The smallest absolute Gasteiger partial charge is 0.252 e. The molecule has 4 heteroatoms. The molecule has 1 N–H and O–H groups in total. The fourth-order valence-electron chi connectivity index (χ4n) is 3.55.